The Bertz CT molecular complexity index is 1000. The SMILES string of the molecule is Cc1nn(-c2ccccc2)c(C)c1-c1cc(C#N)c(C#N)cc1O. The molecule has 0 unspecified atom stereocenters. The van der Waals surface area contributed by atoms with Gasteiger partial charge in [0, 0.05) is 16.8 Å². The van der Waals surface area contributed by atoms with Gasteiger partial charge in [0.1, 0.15) is 17.9 Å². The summed E-state index contributed by atoms with van der Waals surface area (Å²) in [6.07, 6.45) is 0. The zero-order chi connectivity index (χ0) is 17.3. The molecule has 3 rings (SSSR count). The standard InChI is InChI=1S/C19H14N4O/c1-12-19(13(2)23(22-12)16-6-4-3-5-7-16)17-8-14(10-20)15(11-21)9-18(17)24/h3-9,24H,1-2H3. The van der Waals surface area contributed by atoms with Crippen LogP contribution in [0.2, 0.25) is 0 Å². The lowest BCUT2D eigenvalue weighted by atomic mass is 9.97. The molecule has 0 saturated carbocycles. The zero-order valence-corrected chi connectivity index (χ0v) is 13.3. The molecule has 24 heavy (non-hydrogen) atoms. The molecule has 5 nitrogen and oxygen atoms in total. The first-order valence-electron chi connectivity index (χ1n) is 7.36. The number of para-hydroxylation sites is 1. The number of hydrogen-bond acceptors (Lipinski definition) is 4. The van der Waals surface area contributed by atoms with E-state index in [1.807, 2.05) is 56.3 Å². The van der Waals surface area contributed by atoms with Crippen molar-refractivity contribution in [1.82, 2.24) is 9.78 Å². The number of rotatable bonds is 2. The summed E-state index contributed by atoms with van der Waals surface area (Å²) in [6.45, 7) is 3.76. The average molecular weight is 314 g/mol. The molecule has 0 amide bonds. The molecule has 116 valence electrons. The molecule has 0 aliphatic heterocycles. The van der Waals surface area contributed by atoms with Crippen molar-refractivity contribution < 1.29 is 5.11 Å². The summed E-state index contributed by atoms with van der Waals surface area (Å²) in [5.74, 6) is -0.0376. The number of benzene rings is 2. The van der Waals surface area contributed by atoms with Gasteiger partial charge in [0.2, 0.25) is 0 Å². The van der Waals surface area contributed by atoms with E-state index in [1.165, 1.54) is 6.07 Å². The van der Waals surface area contributed by atoms with Crippen LogP contribution in [0.1, 0.15) is 22.5 Å². The Labute approximate surface area is 139 Å². The molecule has 0 saturated heterocycles. The predicted octanol–water partition coefficient (Wildman–Crippen LogP) is 3.61. The molecule has 0 spiro atoms. The molecule has 1 N–H and O–H groups in total. The fourth-order valence-corrected chi connectivity index (χ4v) is 2.83. The van der Waals surface area contributed by atoms with Gasteiger partial charge in [-0.2, -0.15) is 15.6 Å². The third kappa shape index (κ3) is 2.39. The average Bonchev–Trinajstić information content (AvgIpc) is 2.90. The van der Waals surface area contributed by atoms with Crippen LogP contribution in [-0.4, -0.2) is 14.9 Å². The number of nitrogens with zero attached hydrogens (tertiary/aromatic N) is 4. The Morgan fingerprint density at radius 2 is 1.62 bits per heavy atom. The van der Waals surface area contributed by atoms with E-state index in [2.05, 4.69) is 5.10 Å². The van der Waals surface area contributed by atoms with E-state index in [4.69, 9.17) is 5.26 Å². The van der Waals surface area contributed by atoms with E-state index in [1.54, 1.807) is 10.7 Å². The van der Waals surface area contributed by atoms with E-state index in [0.717, 1.165) is 22.6 Å². The van der Waals surface area contributed by atoms with Crippen LogP contribution in [0, 0.1) is 36.5 Å². The van der Waals surface area contributed by atoms with Crippen molar-refractivity contribution in [2.75, 3.05) is 0 Å². The second kappa shape index (κ2) is 5.91. The van der Waals surface area contributed by atoms with Gasteiger partial charge in [-0.1, -0.05) is 18.2 Å². The maximum Gasteiger partial charge on any atom is 0.124 e. The Morgan fingerprint density at radius 1 is 1.00 bits per heavy atom. The largest absolute Gasteiger partial charge is 0.507 e. The van der Waals surface area contributed by atoms with Gasteiger partial charge in [0.25, 0.3) is 0 Å². The molecular formula is C19H14N4O. The second-order valence-corrected chi connectivity index (χ2v) is 5.43. The lowest BCUT2D eigenvalue weighted by molar-refractivity contribution is 0.477. The Hall–Kier alpha value is -3.57. The van der Waals surface area contributed by atoms with Crippen LogP contribution in [0.15, 0.2) is 42.5 Å². The summed E-state index contributed by atoms with van der Waals surface area (Å²) in [5, 5.41) is 33.2. The quantitative estimate of drug-likeness (QED) is 0.783. The van der Waals surface area contributed by atoms with Crippen molar-refractivity contribution in [2.45, 2.75) is 13.8 Å². The number of phenols is 1. The van der Waals surface area contributed by atoms with Crippen LogP contribution in [0.5, 0.6) is 5.75 Å². The van der Waals surface area contributed by atoms with Crippen LogP contribution in [0.4, 0.5) is 0 Å². The van der Waals surface area contributed by atoms with Crippen molar-refractivity contribution in [1.29, 1.82) is 10.5 Å². The van der Waals surface area contributed by atoms with Gasteiger partial charge in [-0.15, -0.1) is 0 Å². The van der Waals surface area contributed by atoms with E-state index >= 15 is 0 Å². The Morgan fingerprint density at radius 3 is 2.25 bits per heavy atom. The van der Waals surface area contributed by atoms with Crippen LogP contribution in [0.25, 0.3) is 16.8 Å². The lowest BCUT2D eigenvalue weighted by Crippen LogP contribution is -1.98. The number of aromatic hydroxyl groups is 1. The Balaban J connectivity index is 2.24. The molecule has 3 aromatic rings. The molecule has 1 aromatic heterocycles. The molecule has 2 aromatic carbocycles. The highest BCUT2D eigenvalue weighted by Gasteiger charge is 2.19. The fourth-order valence-electron chi connectivity index (χ4n) is 2.83. The molecule has 0 atom stereocenters. The van der Waals surface area contributed by atoms with E-state index in [0.29, 0.717) is 5.56 Å². The van der Waals surface area contributed by atoms with Crippen LogP contribution >= 0.6 is 0 Å². The van der Waals surface area contributed by atoms with Gasteiger partial charge in [0.05, 0.1) is 22.5 Å². The van der Waals surface area contributed by atoms with Crippen molar-refractivity contribution in [3.63, 3.8) is 0 Å². The maximum atomic E-state index is 10.3. The van der Waals surface area contributed by atoms with Crippen molar-refractivity contribution >= 4 is 0 Å². The van der Waals surface area contributed by atoms with Crippen LogP contribution < -0.4 is 0 Å². The van der Waals surface area contributed by atoms with Crippen LogP contribution in [-0.2, 0) is 0 Å². The van der Waals surface area contributed by atoms with Gasteiger partial charge in [-0.25, -0.2) is 4.68 Å². The maximum absolute atomic E-state index is 10.3. The van der Waals surface area contributed by atoms with Crippen molar-refractivity contribution in [2.24, 2.45) is 0 Å². The molecule has 1 heterocycles. The topological polar surface area (TPSA) is 85.6 Å². The van der Waals surface area contributed by atoms with Crippen molar-refractivity contribution in [3.05, 3.63) is 65.0 Å². The zero-order valence-electron chi connectivity index (χ0n) is 13.3. The third-order valence-corrected chi connectivity index (χ3v) is 3.94. The Kier molecular flexibility index (Phi) is 3.77. The monoisotopic (exact) mass is 314 g/mol. The summed E-state index contributed by atoms with van der Waals surface area (Å²) in [6, 6.07) is 16.5. The number of nitriles is 2. The summed E-state index contributed by atoms with van der Waals surface area (Å²) in [7, 11) is 0. The van der Waals surface area contributed by atoms with E-state index in [9.17, 15) is 10.4 Å². The number of aryl methyl sites for hydroxylation is 1. The molecule has 0 radical (unpaired) electrons. The highest BCUT2D eigenvalue weighted by Crippen LogP contribution is 2.36. The van der Waals surface area contributed by atoms with E-state index in [-0.39, 0.29) is 16.9 Å². The lowest BCUT2D eigenvalue weighted by Gasteiger charge is -2.08. The van der Waals surface area contributed by atoms with Crippen LogP contribution in [0.3, 0.4) is 0 Å². The first-order valence-corrected chi connectivity index (χ1v) is 7.36. The molecular weight excluding hydrogens is 300 g/mol. The highest BCUT2D eigenvalue weighted by molar-refractivity contribution is 5.77. The normalized spacial score (nSPS) is 10.2. The second-order valence-electron chi connectivity index (χ2n) is 5.43. The van der Waals surface area contributed by atoms with Gasteiger partial charge in [0.15, 0.2) is 0 Å². The minimum atomic E-state index is -0.0376. The smallest absolute Gasteiger partial charge is 0.124 e. The van der Waals surface area contributed by atoms with Gasteiger partial charge >= 0.3 is 0 Å². The summed E-state index contributed by atoms with van der Waals surface area (Å²) in [5.41, 5.74) is 4.15. The third-order valence-electron chi connectivity index (χ3n) is 3.94. The minimum Gasteiger partial charge on any atom is -0.507 e. The molecule has 0 aliphatic carbocycles. The van der Waals surface area contributed by atoms with E-state index < -0.39 is 0 Å². The number of phenolic OH excluding ortho intramolecular Hbond substituents is 1. The molecule has 5 heteroatoms. The highest BCUT2D eigenvalue weighted by atomic mass is 16.3. The first-order chi connectivity index (χ1) is 11.6. The minimum absolute atomic E-state index is 0.0376. The summed E-state index contributed by atoms with van der Waals surface area (Å²) < 4.78 is 1.80. The van der Waals surface area contributed by atoms with Gasteiger partial charge in [-0.05, 0) is 38.1 Å². The van der Waals surface area contributed by atoms with Crippen molar-refractivity contribution in [3.8, 4) is 34.7 Å². The van der Waals surface area contributed by atoms with Gasteiger partial charge in [-0.3, -0.25) is 0 Å². The molecule has 0 fully saturated rings. The number of aromatic nitrogens is 2. The van der Waals surface area contributed by atoms with Gasteiger partial charge < -0.3 is 5.11 Å². The number of hydrogen-bond donors (Lipinski definition) is 1. The fraction of sp³-hybridized carbons (Fsp3) is 0.105. The molecule has 0 bridgehead atoms. The first kappa shape index (κ1) is 15.3. The predicted molar refractivity (Wildman–Crippen MR) is 89.6 cm³/mol. The summed E-state index contributed by atoms with van der Waals surface area (Å²) in [4.78, 5) is 0. The summed E-state index contributed by atoms with van der Waals surface area (Å²) >= 11 is 0. The molecule has 0 aliphatic rings.